The van der Waals surface area contributed by atoms with Crippen LogP contribution in [0.15, 0.2) is 162 Å². The maximum atomic E-state index is 6.22. The Morgan fingerprint density at radius 1 is 0.380 bits per heavy atom. The number of hydrogen-bond acceptors (Lipinski definition) is 6. The van der Waals surface area contributed by atoms with Crippen molar-refractivity contribution in [2.45, 2.75) is 0 Å². The van der Waals surface area contributed by atoms with Crippen molar-refractivity contribution in [2.24, 2.45) is 0 Å². The number of benzene rings is 7. The molecule has 0 bridgehead atoms. The van der Waals surface area contributed by atoms with Gasteiger partial charge in [0.15, 0.2) is 17.5 Å². The van der Waals surface area contributed by atoms with Gasteiger partial charge in [0.2, 0.25) is 0 Å². The van der Waals surface area contributed by atoms with Crippen LogP contribution in [0.4, 0.5) is 0 Å². The molecule has 0 spiro atoms. The molecule has 7 aromatic carbocycles. The topological polar surface area (TPSA) is 64.7 Å². The smallest absolute Gasteiger partial charge is 0.164 e. The summed E-state index contributed by atoms with van der Waals surface area (Å²) in [7, 11) is 0. The summed E-state index contributed by atoms with van der Waals surface area (Å²) < 4.78 is 7.41. The summed E-state index contributed by atoms with van der Waals surface area (Å²) >= 11 is 1.74. The lowest BCUT2D eigenvalue weighted by Gasteiger charge is -2.10. The number of furan rings is 1. The second kappa shape index (κ2) is 11.6. The standard InChI is InChI=1S/C44H26N4OS/c1-3-10-28(11-4-1)41-46-42(48-43(47-41)33-20-22-35-34-16-7-8-17-38(34)49-39(35)26-33)32-15-9-14-30(24-32)31-19-18-27-21-23-37-40(36(27)25-31)50-44(45-37)29-12-5-2-6-13-29/h1-26H. The fourth-order valence-corrected chi connectivity index (χ4v) is 7.74. The summed E-state index contributed by atoms with van der Waals surface area (Å²) in [6, 6.07) is 54.1. The van der Waals surface area contributed by atoms with Gasteiger partial charge in [0.1, 0.15) is 16.2 Å². The summed E-state index contributed by atoms with van der Waals surface area (Å²) in [5.41, 5.74) is 8.72. The Labute approximate surface area is 291 Å². The van der Waals surface area contributed by atoms with Crippen LogP contribution >= 0.6 is 11.3 Å². The summed E-state index contributed by atoms with van der Waals surface area (Å²) in [5, 5.41) is 5.57. The highest BCUT2D eigenvalue weighted by Crippen LogP contribution is 2.38. The highest BCUT2D eigenvalue weighted by Gasteiger charge is 2.16. The molecule has 0 atom stereocenters. The first-order valence-electron chi connectivity index (χ1n) is 16.5. The molecule has 6 heteroatoms. The third-order valence-electron chi connectivity index (χ3n) is 9.15. The predicted octanol–water partition coefficient (Wildman–Crippen LogP) is 11.9. The van der Waals surface area contributed by atoms with Crippen molar-refractivity contribution in [1.82, 2.24) is 19.9 Å². The van der Waals surface area contributed by atoms with E-state index in [1.54, 1.807) is 11.3 Å². The molecule has 0 aliphatic rings. The minimum atomic E-state index is 0.592. The number of nitrogens with zero attached hydrogens (tertiary/aromatic N) is 4. The highest BCUT2D eigenvalue weighted by molar-refractivity contribution is 7.22. The molecular formula is C44H26N4OS. The van der Waals surface area contributed by atoms with Gasteiger partial charge in [0, 0.05) is 38.4 Å². The van der Waals surface area contributed by atoms with Crippen molar-refractivity contribution < 1.29 is 4.42 Å². The molecule has 50 heavy (non-hydrogen) atoms. The Morgan fingerprint density at radius 3 is 1.80 bits per heavy atom. The minimum absolute atomic E-state index is 0.592. The Morgan fingerprint density at radius 2 is 0.980 bits per heavy atom. The summed E-state index contributed by atoms with van der Waals surface area (Å²) in [6.45, 7) is 0. The molecule has 10 aromatic rings. The van der Waals surface area contributed by atoms with Gasteiger partial charge in [-0.05, 0) is 52.9 Å². The molecule has 0 aliphatic carbocycles. The number of aromatic nitrogens is 4. The molecule has 0 unspecified atom stereocenters. The van der Waals surface area contributed by atoms with Gasteiger partial charge in [-0.3, -0.25) is 0 Å². The molecule has 0 N–H and O–H groups in total. The van der Waals surface area contributed by atoms with E-state index in [0.717, 1.165) is 65.8 Å². The zero-order valence-corrected chi connectivity index (χ0v) is 27.4. The van der Waals surface area contributed by atoms with E-state index in [-0.39, 0.29) is 0 Å². The third-order valence-corrected chi connectivity index (χ3v) is 10.3. The predicted molar refractivity (Wildman–Crippen MR) is 205 cm³/mol. The van der Waals surface area contributed by atoms with Crippen LogP contribution in [-0.4, -0.2) is 19.9 Å². The number of fused-ring (bicyclic) bond motifs is 6. The maximum absolute atomic E-state index is 6.22. The van der Waals surface area contributed by atoms with Crippen LogP contribution in [0.2, 0.25) is 0 Å². The van der Waals surface area contributed by atoms with Crippen LogP contribution in [0.25, 0.3) is 98.8 Å². The number of rotatable bonds is 5. The Balaban J connectivity index is 1.09. The lowest BCUT2D eigenvalue weighted by molar-refractivity contribution is 0.669. The molecule has 0 radical (unpaired) electrons. The molecule has 0 saturated carbocycles. The molecule has 0 fully saturated rings. The van der Waals surface area contributed by atoms with Crippen molar-refractivity contribution in [2.75, 3.05) is 0 Å². The Hall–Kier alpha value is -6.50. The van der Waals surface area contributed by atoms with Crippen molar-refractivity contribution >= 4 is 54.3 Å². The van der Waals surface area contributed by atoms with Crippen LogP contribution in [0.5, 0.6) is 0 Å². The quantitative estimate of drug-likeness (QED) is 0.184. The average Bonchev–Trinajstić information content (AvgIpc) is 3.80. The Bertz CT molecular complexity index is 2880. The van der Waals surface area contributed by atoms with Crippen LogP contribution in [-0.2, 0) is 0 Å². The van der Waals surface area contributed by atoms with Crippen molar-refractivity contribution in [3.63, 3.8) is 0 Å². The first-order valence-corrected chi connectivity index (χ1v) is 17.3. The number of thiazole rings is 1. The summed E-state index contributed by atoms with van der Waals surface area (Å²) in [4.78, 5) is 20.0. The van der Waals surface area contributed by atoms with Gasteiger partial charge in [-0.1, -0.05) is 121 Å². The molecule has 3 aromatic heterocycles. The van der Waals surface area contributed by atoms with Gasteiger partial charge >= 0.3 is 0 Å². The van der Waals surface area contributed by atoms with Crippen molar-refractivity contribution in [3.8, 4) is 55.9 Å². The fraction of sp³-hybridized carbons (Fsp3) is 0. The summed E-state index contributed by atoms with van der Waals surface area (Å²) in [5.74, 6) is 1.82. The fourth-order valence-electron chi connectivity index (χ4n) is 6.64. The summed E-state index contributed by atoms with van der Waals surface area (Å²) in [6.07, 6.45) is 0. The van der Waals surface area contributed by atoms with Gasteiger partial charge in [-0.2, -0.15) is 0 Å². The van der Waals surface area contributed by atoms with Gasteiger partial charge in [-0.15, -0.1) is 11.3 Å². The second-order valence-corrected chi connectivity index (χ2v) is 13.3. The lowest BCUT2D eigenvalue weighted by atomic mass is 9.99. The maximum Gasteiger partial charge on any atom is 0.164 e. The number of hydrogen-bond donors (Lipinski definition) is 0. The van der Waals surface area contributed by atoms with E-state index in [2.05, 4.69) is 97.1 Å². The zero-order valence-electron chi connectivity index (χ0n) is 26.6. The van der Waals surface area contributed by atoms with Crippen LogP contribution in [0.1, 0.15) is 0 Å². The van der Waals surface area contributed by atoms with E-state index in [1.165, 1.54) is 15.5 Å². The average molecular weight is 659 g/mol. The van der Waals surface area contributed by atoms with E-state index >= 15 is 0 Å². The van der Waals surface area contributed by atoms with E-state index in [1.807, 2.05) is 60.7 Å². The number of para-hydroxylation sites is 1. The molecule has 10 rings (SSSR count). The molecule has 234 valence electrons. The van der Waals surface area contributed by atoms with E-state index in [4.69, 9.17) is 24.4 Å². The van der Waals surface area contributed by atoms with E-state index < -0.39 is 0 Å². The van der Waals surface area contributed by atoms with E-state index in [9.17, 15) is 0 Å². The van der Waals surface area contributed by atoms with Gasteiger partial charge < -0.3 is 4.42 Å². The normalized spacial score (nSPS) is 11.6. The Kier molecular flexibility index (Phi) is 6.60. The first kappa shape index (κ1) is 28.5. The monoisotopic (exact) mass is 658 g/mol. The molecule has 3 heterocycles. The molecule has 0 aliphatic heterocycles. The third kappa shape index (κ3) is 4.93. The van der Waals surface area contributed by atoms with E-state index in [0.29, 0.717) is 17.5 Å². The van der Waals surface area contributed by atoms with Crippen LogP contribution in [0.3, 0.4) is 0 Å². The van der Waals surface area contributed by atoms with Crippen LogP contribution in [0, 0.1) is 0 Å². The van der Waals surface area contributed by atoms with Crippen molar-refractivity contribution in [1.29, 1.82) is 0 Å². The molecule has 5 nitrogen and oxygen atoms in total. The minimum Gasteiger partial charge on any atom is -0.456 e. The highest BCUT2D eigenvalue weighted by atomic mass is 32.1. The largest absolute Gasteiger partial charge is 0.456 e. The lowest BCUT2D eigenvalue weighted by Crippen LogP contribution is -2.00. The van der Waals surface area contributed by atoms with Crippen molar-refractivity contribution in [3.05, 3.63) is 158 Å². The molecular weight excluding hydrogens is 633 g/mol. The second-order valence-electron chi connectivity index (χ2n) is 12.3. The first-order chi connectivity index (χ1) is 24.7. The molecule has 0 amide bonds. The zero-order chi connectivity index (χ0) is 33.0. The van der Waals surface area contributed by atoms with Gasteiger partial charge in [0.05, 0.1) is 10.2 Å². The SMILES string of the molecule is c1ccc(-c2nc(-c3cccc(-c4ccc5ccc6nc(-c7ccccc7)sc6c5c4)c3)nc(-c3ccc4c(c3)oc3ccccc34)n2)cc1. The van der Waals surface area contributed by atoms with Gasteiger partial charge in [-0.25, -0.2) is 19.9 Å². The van der Waals surface area contributed by atoms with Gasteiger partial charge in [0.25, 0.3) is 0 Å². The van der Waals surface area contributed by atoms with Crippen LogP contribution < -0.4 is 0 Å². The molecule has 0 saturated heterocycles.